The highest BCUT2D eigenvalue weighted by atomic mass is 32.2. The summed E-state index contributed by atoms with van der Waals surface area (Å²) in [4.78, 5) is 19.3. The van der Waals surface area contributed by atoms with Crippen molar-refractivity contribution in [1.29, 1.82) is 5.26 Å². The van der Waals surface area contributed by atoms with E-state index in [1.54, 1.807) is 17.0 Å². The molecular weight excluding hydrogens is 474 g/mol. The van der Waals surface area contributed by atoms with Crippen LogP contribution in [0.3, 0.4) is 0 Å². The van der Waals surface area contributed by atoms with E-state index in [0.29, 0.717) is 37.1 Å². The number of likely N-dealkylation sites (tertiary alicyclic amines) is 1. The van der Waals surface area contributed by atoms with Crippen molar-refractivity contribution >= 4 is 21.6 Å². The van der Waals surface area contributed by atoms with Gasteiger partial charge in [-0.1, -0.05) is 24.3 Å². The topological polar surface area (TPSA) is 108 Å². The maximum atomic E-state index is 13.0. The van der Waals surface area contributed by atoms with E-state index in [4.69, 9.17) is 5.26 Å². The highest BCUT2D eigenvalue weighted by Crippen LogP contribution is 2.26. The zero-order valence-electron chi connectivity index (χ0n) is 19.8. The predicted octanol–water partition coefficient (Wildman–Crippen LogP) is 3.69. The van der Waals surface area contributed by atoms with Gasteiger partial charge in [-0.25, -0.2) is 18.1 Å². The molecule has 0 spiro atoms. The molecule has 0 unspecified atom stereocenters. The van der Waals surface area contributed by atoms with E-state index in [9.17, 15) is 13.2 Å². The Kier molecular flexibility index (Phi) is 6.31. The van der Waals surface area contributed by atoms with Crippen molar-refractivity contribution in [1.82, 2.24) is 19.0 Å². The normalized spacial score (nSPS) is 14.6. The third-order valence-electron chi connectivity index (χ3n) is 6.44. The number of piperidine rings is 1. The third kappa shape index (κ3) is 5.00. The van der Waals surface area contributed by atoms with Gasteiger partial charge in [-0.15, -0.1) is 0 Å². The molecule has 0 saturated carbocycles. The van der Waals surface area contributed by atoms with E-state index in [2.05, 4.69) is 15.8 Å². The second-order valence-corrected chi connectivity index (χ2v) is 10.8. The molecular formula is C27H25N5O3S. The van der Waals surface area contributed by atoms with Gasteiger partial charge < -0.3 is 4.90 Å². The number of amides is 1. The first kappa shape index (κ1) is 23.7. The number of nitriles is 1. The molecule has 2 aromatic carbocycles. The van der Waals surface area contributed by atoms with E-state index in [0.717, 1.165) is 34.3 Å². The number of fused-ring (bicyclic) bond motifs is 1. The molecule has 1 fully saturated rings. The summed E-state index contributed by atoms with van der Waals surface area (Å²) >= 11 is 0. The molecule has 0 aliphatic carbocycles. The van der Waals surface area contributed by atoms with Gasteiger partial charge in [-0.05, 0) is 60.4 Å². The largest absolute Gasteiger partial charge is 0.339 e. The molecule has 5 rings (SSSR count). The lowest BCUT2D eigenvalue weighted by atomic mass is 10.0. The molecule has 3 heterocycles. The van der Waals surface area contributed by atoms with Gasteiger partial charge >= 0.3 is 0 Å². The van der Waals surface area contributed by atoms with Gasteiger partial charge in [-0.2, -0.15) is 5.26 Å². The minimum Gasteiger partial charge on any atom is -0.339 e. The lowest BCUT2D eigenvalue weighted by molar-refractivity contribution is 0.0711. The fourth-order valence-electron chi connectivity index (χ4n) is 4.57. The fourth-order valence-corrected chi connectivity index (χ4v) is 5.41. The SMILES string of the molecule is CS(=O)(=O)NC1CCN(C(=O)c2ccc(-c3ccc4ncc(-c5ccc(C#N)cc5)n4c3)cc2)CC1. The van der Waals surface area contributed by atoms with Crippen molar-refractivity contribution in [3.63, 3.8) is 0 Å². The minimum atomic E-state index is -3.25. The first-order chi connectivity index (χ1) is 17.3. The molecule has 4 aromatic rings. The average Bonchev–Trinajstić information content (AvgIpc) is 3.31. The Morgan fingerprint density at radius 3 is 2.25 bits per heavy atom. The second kappa shape index (κ2) is 9.57. The summed E-state index contributed by atoms with van der Waals surface area (Å²) in [6.45, 7) is 1.03. The zero-order chi connectivity index (χ0) is 25.3. The third-order valence-corrected chi connectivity index (χ3v) is 7.20. The number of nitrogens with zero attached hydrogens (tertiary/aromatic N) is 4. The van der Waals surface area contributed by atoms with Gasteiger partial charge in [0.2, 0.25) is 10.0 Å². The summed E-state index contributed by atoms with van der Waals surface area (Å²) < 4.78 is 27.5. The second-order valence-electron chi connectivity index (χ2n) is 9.01. The van der Waals surface area contributed by atoms with Crippen LogP contribution in [0.4, 0.5) is 0 Å². The van der Waals surface area contributed by atoms with Gasteiger partial charge in [0.1, 0.15) is 5.65 Å². The van der Waals surface area contributed by atoms with Crippen LogP contribution in [0, 0.1) is 11.3 Å². The number of hydrogen-bond donors (Lipinski definition) is 1. The molecule has 1 amide bonds. The lowest BCUT2D eigenvalue weighted by Crippen LogP contribution is -2.46. The number of carbonyl (C=O) groups is 1. The van der Waals surface area contributed by atoms with Crippen molar-refractivity contribution in [2.24, 2.45) is 0 Å². The van der Waals surface area contributed by atoms with E-state index >= 15 is 0 Å². The smallest absolute Gasteiger partial charge is 0.253 e. The molecule has 1 N–H and O–H groups in total. The van der Waals surface area contributed by atoms with Crippen LogP contribution in [0.15, 0.2) is 73.1 Å². The van der Waals surface area contributed by atoms with E-state index in [-0.39, 0.29) is 11.9 Å². The molecule has 0 radical (unpaired) electrons. The Labute approximate surface area is 209 Å². The minimum absolute atomic E-state index is 0.0486. The van der Waals surface area contributed by atoms with Crippen molar-refractivity contribution in [2.75, 3.05) is 19.3 Å². The maximum absolute atomic E-state index is 13.0. The van der Waals surface area contributed by atoms with Gasteiger partial charge in [0.25, 0.3) is 5.91 Å². The number of imidazole rings is 1. The highest BCUT2D eigenvalue weighted by molar-refractivity contribution is 7.88. The molecule has 36 heavy (non-hydrogen) atoms. The maximum Gasteiger partial charge on any atom is 0.253 e. The van der Waals surface area contributed by atoms with Gasteiger partial charge in [0, 0.05) is 36.5 Å². The Morgan fingerprint density at radius 1 is 0.972 bits per heavy atom. The van der Waals surface area contributed by atoms with Crippen LogP contribution >= 0.6 is 0 Å². The van der Waals surface area contributed by atoms with Crippen LogP contribution in [-0.4, -0.2) is 54.0 Å². The monoisotopic (exact) mass is 499 g/mol. The van der Waals surface area contributed by atoms with Crippen molar-refractivity contribution in [3.8, 4) is 28.5 Å². The number of carbonyl (C=O) groups excluding carboxylic acids is 1. The van der Waals surface area contributed by atoms with E-state index < -0.39 is 10.0 Å². The Bertz CT molecular complexity index is 1560. The fraction of sp³-hybridized carbons (Fsp3) is 0.222. The van der Waals surface area contributed by atoms with Crippen LogP contribution in [0.1, 0.15) is 28.8 Å². The summed E-state index contributed by atoms with van der Waals surface area (Å²) in [5.74, 6) is -0.0486. The van der Waals surface area contributed by atoms with E-state index in [1.807, 2.05) is 65.3 Å². The number of sulfonamides is 1. The predicted molar refractivity (Wildman–Crippen MR) is 138 cm³/mol. The van der Waals surface area contributed by atoms with Crippen LogP contribution < -0.4 is 4.72 Å². The molecule has 2 aromatic heterocycles. The number of aromatic nitrogens is 2. The summed E-state index contributed by atoms with van der Waals surface area (Å²) in [6, 6.07) is 20.9. The number of rotatable bonds is 5. The molecule has 1 aliphatic heterocycles. The molecule has 1 aliphatic rings. The zero-order valence-corrected chi connectivity index (χ0v) is 20.6. The highest BCUT2D eigenvalue weighted by Gasteiger charge is 2.25. The first-order valence-electron chi connectivity index (χ1n) is 11.7. The summed E-state index contributed by atoms with van der Waals surface area (Å²) in [6.07, 6.45) is 6.19. The molecule has 1 saturated heterocycles. The summed E-state index contributed by atoms with van der Waals surface area (Å²) in [5, 5.41) is 9.05. The molecule has 182 valence electrons. The van der Waals surface area contributed by atoms with Crippen LogP contribution in [-0.2, 0) is 10.0 Å². The number of nitrogens with one attached hydrogen (secondary N) is 1. The number of benzene rings is 2. The summed E-state index contributed by atoms with van der Waals surface area (Å²) in [5.41, 5.74) is 5.89. The molecule has 0 atom stereocenters. The molecule has 8 nitrogen and oxygen atoms in total. The number of hydrogen-bond acceptors (Lipinski definition) is 5. The Hall–Kier alpha value is -4.00. The van der Waals surface area contributed by atoms with Gasteiger partial charge in [-0.3, -0.25) is 9.20 Å². The first-order valence-corrected chi connectivity index (χ1v) is 13.5. The molecule has 0 bridgehead atoms. The molecule has 9 heteroatoms. The quantitative estimate of drug-likeness (QED) is 0.451. The van der Waals surface area contributed by atoms with Crippen LogP contribution in [0.2, 0.25) is 0 Å². The number of pyridine rings is 1. The summed E-state index contributed by atoms with van der Waals surface area (Å²) in [7, 11) is -3.25. The van der Waals surface area contributed by atoms with Crippen molar-refractivity contribution in [3.05, 3.63) is 84.2 Å². The Morgan fingerprint density at radius 2 is 1.61 bits per heavy atom. The van der Waals surface area contributed by atoms with Gasteiger partial charge in [0.05, 0.1) is 29.8 Å². The Balaban J connectivity index is 1.32. The van der Waals surface area contributed by atoms with E-state index in [1.165, 1.54) is 0 Å². The van der Waals surface area contributed by atoms with Crippen LogP contribution in [0.5, 0.6) is 0 Å². The standard InChI is InChI=1S/C27H25N5O3S/c1-36(34,35)30-24-12-14-31(15-13-24)27(33)22-8-6-20(7-9-22)23-10-11-26-29-17-25(32(26)18-23)21-4-2-19(16-28)3-5-21/h2-11,17-18,24,30H,12-15H2,1H3. The van der Waals surface area contributed by atoms with Crippen molar-refractivity contribution < 1.29 is 13.2 Å². The van der Waals surface area contributed by atoms with Crippen molar-refractivity contribution in [2.45, 2.75) is 18.9 Å². The average molecular weight is 500 g/mol. The van der Waals surface area contributed by atoms with Gasteiger partial charge in [0.15, 0.2) is 0 Å². The lowest BCUT2D eigenvalue weighted by Gasteiger charge is -2.32. The van der Waals surface area contributed by atoms with Crippen LogP contribution in [0.25, 0.3) is 28.0 Å².